The number of ketones is 1. The third kappa shape index (κ3) is 2.91. The van der Waals surface area contributed by atoms with Gasteiger partial charge in [-0.05, 0) is 43.5 Å². The second-order valence-corrected chi connectivity index (χ2v) is 9.81. The van der Waals surface area contributed by atoms with Gasteiger partial charge in [-0.25, -0.2) is 9.37 Å². The zero-order chi connectivity index (χ0) is 22.0. The average molecular weight is 469 g/mol. The van der Waals surface area contributed by atoms with Crippen molar-refractivity contribution in [3.8, 4) is 0 Å². The largest absolute Gasteiger partial charge is 0.483 e. The second-order valence-electron chi connectivity index (χ2n) is 8.36. The van der Waals surface area contributed by atoms with Gasteiger partial charge in [0.15, 0.2) is 16.7 Å². The lowest BCUT2D eigenvalue weighted by Gasteiger charge is -2.35. The van der Waals surface area contributed by atoms with E-state index in [0.29, 0.717) is 15.7 Å². The van der Waals surface area contributed by atoms with Gasteiger partial charge in [-0.2, -0.15) is 0 Å². The highest BCUT2D eigenvalue weighted by Gasteiger charge is 2.53. The number of thiazole rings is 1. The van der Waals surface area contributed by atoms with E-state index in [1.165, 1.54) is 22.3 Å². The number of rotatable bonds is 2. The predicted molar refractivity (Wildman–Crippen MR) is 120 cm³/mol. The molecule has 0 spiro atoms. The smallest absolute Gasteiger partial charge is 0.296 e. The lowest BCUT2D eigenvalue weighted by atomic mass is 9.77. The fraction of sp³-hybridized carbons (Fsp3) is 0.292. The van der Waals surface area contributed by atoms with E-state index >= 15 is 0 Å². The molecular weight excluding hydrogens is 451 g/mol. The number of benzene rings is 2. The lowest BCUT2D eigenvalue weighted by molar-refractivity contribution is -0.131. The molecule has 0 radical (unpaired) electrons. The molecule has 0 saturated heterocycles. The van der Waals surface area contributed by atoms with Crippen LogP contribution in [0.4, 0.5) is 9.52 Å². The molecule has 3 heterocycles. The van der Waals surface area contributed by atoms with Crippen LogP contribution in [0, 0.1) is 11.7 Å². The average Bonchev–Trinajstić information content (AvgIpc) is 3.32. The normalized spacial score (nSPS) is 25.2. The number of nitrogens with zero attached hydrogens (tertiary/aromatic N) is 2. The van der Waals surface area contributed by atoms with Gasteiger partial charge in [0.2, 0.25) is 0 Å². The van der Waals surface area contributed by atoms with Crippen molar-refractivity contribution in [2.24, 2.45) is 5.92 Å². The van der Waals surface area contributed by atoms with Gasteiger partial charge in [0.05, 0.1) is 21.7 Å². The first kappa shape index (κ1) is 19.9. The highest BCUT2D eigenvalue weighted by Crippen LogP contribution is 2.49. The van der Waals surface area contributed by atoms with Gasteiger partial charge in [0.1, 0.15) is 18.0 Å². The third-order valence-electron chi connectivity index (χ3n) is 6.51. The van der Waals surface area contributed by atoms with Crippen LogP contribution in [0.5, 0.6) is 0 Å². The Morgan fingerprint density at radius 1 is 1.12 bits per heavy atom. The van der Waals surface area contributed by atoms with Gasteiger partial charge in [0.25, 0.3) is 5.91 Å². The van der Waals surface area contributed by atoms with Crippen molar-refractivity contribution >= 4 is 50.0 Å². The molecule has 0 bridgehead atoms. The van der Waals surface area contributed by atoms with E-state index in [1.807, 2.05) is 0 Å². The lowest BCUT2D eigenvalue weighted by Crippen LogP contribution is -2.39. The number of aromatic nitrogens is 1. The van der Waals surface area contributed by atoms with Crippen LogP contribution < -0.4 is 4.90 Å². The molecule has 2 aromatic carbocycles. The number of ether oxygens (including phenoxy) is 1. The highest BCUT2D eigenvalue weighted by molar-refractivity contribution is 7.22. The summed E-state index contributed by atoms with van der Waals surface area (Å²) in [4.78, 5) is 33.2. The number of hydrogen-bond donors (Lipinski definition) is 0. The number of carbonyl (C=O) groups is 2. The van der Waals surface area contributed by atoms with Crippen LogP contribution >= 0.6 is 22.9 Å². The minimum absolute atomic E-state index is 0.0451. The van der Waals surface area contributed by atoms with Gasteiger partial charge in [-0.1, -0.05) is 47.6 Å². The summed E-state index contributed by atoms with van der Waals surface area (Å²) in [5, 5.41) is 0.945. The summed E-state index contributed by atoms with van der Waals surface area (Å²) in [6.07, 6.45) is 3.07. The molecule has 1 saturated carbocycles. The minimum atomic E-state index is -0.912. The first-order chi connectivity index (χ1) is 15.5. The van der Waals surface area contributed by atoms with Crippen LogP contribution in [0.3, 0.4) is 0 Å². The van der Waals surface area contributed by atoms with Gasteiger partial charge >= 0.3 is 0 Å². The fourth-order valence-corrected chi connectivity index (χ4v) is 6.29. The van der Waals surface area contributed by atoms with E-state index in [0.717, 1.165) is 30.4 Å². The summed E-state index contributed by atoms with van der Waals surface area (Å²) in [5.74, 6) is -1.28. The molecule has 0 N–H and O–H groups in total. The van der Waals surface area contributed by atoms with Gasteiger partial charge in [-0.3, -0.25) is 14.5 Å². The molecule has 3 aromatic rings. The molecule has 5 nitrogen and oxygen atoms in total. The molecule has 3 aliphatic rings. The van der Waals surface area contributed by atoms with Gasteiger partial charge in [-0.15, -0.1) is 0 Å². The van der Waals surface area contributed by atoms with Crippen LogP contribution in [0.1, 0.15) is 37.3 Å². The molecule has 8 heteroatoms. The number of anilines is 1. The summed E-state index contributed by atoms with van der Waals surface area (Å²) in [6, 6.07) is 10.6. The van der Waals surface area contributed by atoms with E-state index in [1.54, 1.807) is 36.4 Å². The number of hydrogen-bond acceptors (Lipinski definition) is 5. The van der Waals surface area contributed by atoms with Crippen LogP contribution in [0.25, 0.3) is 10.2 Å². The number of amides is 1. The van der Waals surface area contributed by atoms with E-state index in [2.05, 4.69) is 4.98 Å². The zero-order valence-corrected chi connectivity index (χ0v) is 18.5. The number of halogens is 2. The Morgan fingerprint density at radius 3 is 2.78 bits per heavy atom. The SMILES string of the molecule is O=C1C2=C(OC3CCCCC13)C(=O)N(c1nc3ccc(Cl)cc3s1)C2c1ccccc1F. The predicted octanol–water partition coefficient (Wildman–Crippen LogP) is 5.59. The van der Waals surface area contributed by atoms with E-state index < -0.39 is 17.8 Å². The Labute approximate surface area is 192 Å². The Balaban J connectivity index is 1.54. The van der Waals surface area contributed by atoms with E-state index in [-0.39, 0.29) is 34.7 Å². The molecule has 1 fully saturated rings. The van der Waals surface area contributed by atoms with Crippen molar-refractivity contribution in [3.05, 3.63) is 70.2 Å². The highest BCUT2D eigenvalue weighted by atomic mass is 35.5. The first-order valence-corrected chi connectivity index (χ1v) is 11.8. The third-order valence-corrected chi connectivity index (χ3v) is 7.76. The quantitative estimate of drug-likeness (QED) is 0.492. The van der Waals surface area contributed by atoms with Crippen LogP contribution in [0.2, 0.25) is 5.02 Å². The monoisotopic (exact) mass is 468 g/mol. The molecule has 1 amide bonds. The minimum Gasteiger partial charge on any atom is -0.483 e. The number of Topliss-reactive ketones (excluding diaryl/α,β-unsaturated/α-hetero) is 1. The Hall–Kier alpha value is -2.77. The molecule has 1 aliphatic carbocycles. The van der Waals surface area contributed by atoms with Crippen LogP contribution in [-0.2, 0) is 14.3 Å². The van der Waals surface area contributed by atoms with Crippen LogP contribution in [-0.4, -0.2) is 22.8 Å². The molecule has 2 aliphatic heterocycles. The maximum Gasteiger partial charge on any atom is 0.296 e. The fourth-order valence-electron chi connectivity index (χ4n) is 5.02. The molecule has 1 aromatic heterocycles. The van der Waals surface area contributed by atoms with Crippen molar-refractivity contribution in [1.82, 2.24) is 4.98 Å². The van der Waals surface area contributed by atoms with Crippen LogP contribution in [0.15, 0.2) is 53.8 Å². The van der Waals surface area contributed by atoms with Crippen molar-refractivity contribution in [2.75, 3.05) is 4.90 Å². The van der Waals surface area contributed by atoms with Crippen molar-refractivity contribution in [1.29, 1.82) is 0 Å². The molecule has 3 atom stereocenters. The summed E-state index contributed by atoms with van der Waals surface area (Å²) in [7, 11) is 0. The topological polar surface area (TPSA) is 59.5 Å². The Bertz CT molecular complexity index is 1320. The second kappa shape index (κ2) is 7.39. The Morgan fingerprint density at radius 2 is 1.94 bits per heavy atom. The first-order valence-electron chi connectivity index (χ1n) is 10.6. The molecule has 6 rings (SSSR count). The van der Waals surface area contributed by atoms with E-state index in [9.17, 15) is 14.0 Å². The maximum absolute atomic E-state index is 15.0. The molecule has 32 heavy (non-hydrogen) atoms. The standard InChI is InChI=1S/C24H18ClFN2O3S/c25-12-9-10-16-18(11-12)32-24(27-16)28-20(13-5-1-3-7-15(13)26)19-21(29)14-6-2-4-8-17(14)31-22(19)23(28)30/h1,3,5,7,9-11,14,17,20H,2,4,6,8H2. The van der Waals surface area contributed by atoms with E-state index in [4.69, 9.17) is 16.3 Å². The Kier molecular flexibility index (Phi) is 4.59. The zero-order valence-electron chi connectivity index (χ0n) is 16.9. The summed E-state index contributed by atoms with van der Waals surface area (Å²) in [6.45, 7) is 0. The van der Waals surface area contributed by atoms with Crippen molar-refractivity contribution in [2.45, 2.75) is 37.8 Å². The molecule has 3 unspecified atom stereocenters. The summed E-state index contributed by atoms with van der Waals surface area (Å²) < 4.78 is 21.9. The molecular formula is C24H18ClFN2O3S. The number of fused-ring (bicyclic) bond motifs is 2. The molecule has 162 valence electrons. The number of carbonyl (C=O) groups excluding carboxylic acids is 2. The van der Waals surface area contributed by atoms with Crippen molar-refractivity contribution < 1.29 is 18.7 Å². The summed E-state index contributed by atoms with van der Waals surface area (Å²) >= 11 is 7.41. The van der Waals surface area contributed by atoms with Crippen molar-refractivity contribution in [3.63, 3.8) is 0 Å². The summed E-state index contributed by atoms with van der Waals surface area (Å²) in [5.41, 5.74) is 1.19. The van der Waals surface area contributed by atoms with Gasteiger partial charge < -0.3 is 4.74 Å². The maximum atomic E-state index is 15.0. The van der Waals surface area contributed by atoms with Gasteiger partial charge in [0, 0.05) is 10.6 Å².